The van der Waals surface area contributed by atoms with Gasteiger partial charge in [0.1, 0.15) is 5.82 Å². The average Bonchev–Trinajstić information content (AvgIpc) is 3.45. The minimum Gasteiger partial charge on any atom is -0.369 e. The zero-order valence-corrected chi connectivity index (χ0v) is 17.9. The molecule has 1 fully saturated rings. The Kier molecular flexibility index (Phi) is 7.11. The number of hydrogen-bond donors (Lipinski definition) is 0. The summed E-state index contributed by atoms with van der Waals surface area (Å²) in [6, 6.07) is 15.2. The fraction of sp³-hybridized carbons (Fsp3) is 0.435. The second kappa shape index (κ2) is 8.95. The van der Waals surface area contributed by atoms with Gasteiger partial charge in [0.05, 0.1) is 6.54 Å². The summed E-state index contributed by atoms with van der Waals surface area (Å²) in [5.41, 5.74) is 2.49. The van der Waals surface area contributed by atoms with Gasteiger partial charge in [-0.15, -0.1) is 12.4 Å². The van der Waals surface area contributed by atoms with E-state index in [-0.39, 0.29) is 24.1 Å². The largest absolute Gasteiger partial charge is 0.369 e. The van der Waals surface area contributed by atoms with Gasteiger partial charge in [0.25, 0.3) is 0 Å². The highest BCUT2D eigenvalue weighted by atomic mass is 35.5. The molecular formula is C23H30ClFN2O. The summed E-state index contributed by atoms with van der Waals surface area (Å²) in [6.07, 6.45) is 2.50. The molecule has 0 saturated heterocycles. The summed E-state index contributed by atoms with van der Waals surface area (Å²) >= 11 is 0. The lowest BCUT2D eigenvalue weighted by Crippen LogP contribution is -2.39. The maximum absolute atomic E-state index is 13.4. The Morgan fingerprint density at radius 1 is 1.07 bits per heavy atom. The molecule has 152 valence electrons. The van der Waals surface area contributed by atoms with Gasteiger partial charge in [-0.05, 0) is 61.7 Å². The summed E-state index contributed by atoms with van der Waals surface area (Å²) in [4.78, 5) is 17.3. The molecule has 0 bridgehead atoms. The molecule has 1 amide bonds. The summed E-state index contributed by atoms with van der Waals surface area (Å²) in [5, 5.41) is 0. The van der Waals surface area contributed by atoms with Crippen LogP contribution < -0.4 is 9.80 Å². The third-order valence-corrected chi connectivity index (χ3v) is 4.94. The second-order valence-corrected chi connectivity index (χ2v) is 8.30. The van der Waals surface area contributed by atoms with Gasteiger partial charge in [-0.1, -0.05) is 32.9 Å². The first-order valence-electron chi connectivity index (χ1n) is 9.72. The van der Waals surface area contributed by atoms with Crippen LogP contribution in [0.5, 0.6) is 0 Å². The molecule has 0 unspecified atom stereocenters. The van der Waals surface area contributed by atoms with E-state index in [9.17, 15) is 9.18 Å². The summed E-state index contributed by atoms with van der Waals surface area (Å²) < 4.78 is 13.4. The fourth-order valence-corrected chi connectivity index (χ4v) is 3.36. The first kappa shape index (κ1) is 22.2. The van der Waals surface area contributed by atoms with Crippen LogP contribution in [0.3, 0.4) is 0 Å². The summed E-state index contributed by atoms with van der Waals surface area (Å²) in [5.74, 6) is -0.277. The van der Waals surface area contributed by atoms with Gasteiger partial charge < -0.3 is 9.80 Å². The summed E-state index contributed by atoms with van der Waals surface area (Å²) in [6.45, 7) is 9.37. The predicted molar refractivity (Wildman–Crippen MR) is 117 cm³/mol. The van der Waals surface area contributed by atoms with Crippen molar-refractivity contribution in [2.45, 2.75) is 53.1 Å². The lowest BCUT2D eigenvalue weighted by molar-refractivity contribution is -0.125. The number of amides is 1. The first-order valence-corrected chi connectivity index (χ1v) is 9.72. The Balaban J connectivity index is 0.00000280. The average molecular weight is 405 g/mol. The standard InChI is InChI=1S/C23H29FN2O.ClH/c1-5-25(19-13-14-19)21-8-6-7-17(15-21)16-26(22(27)23(2,3)4)20-11-9-18(24)10-12-20;/h6-12,15,19H,5,13-14,16H2,1-4H3;1H. The van der Waals surface area contributed by atoms with Crippen LogP contribution in [-0.2, 0) is 11.3 Å². The number of rotatable bonds is 6. The van der Waals surface area contributed by atoms with E-state index in [1.54, 1.807) is 17.0 Å². The van der Waals surface area contributed by atoms with Crippen LogP contribution in [0.25, 0.3) is 0 Å². The molecule has 2 aromatic carbocycles. The molecule has 0 N–H and O–H groups in total. The Morgan fingerprint density at radius 3 is 2.25 bits per heavy atom. The van der Waals surface area contributed by atoms with E-state index in [0.29, 0.717) is 12.6 Å². The molecule has 1 aliphatic rings. The first-order chi connectivity index (χ1) is 12.8. The van der Waals surface area contributed by atoms with Crippen molar-refractivity contribution in [2.75, 3.05) is 16.3 Å². The molecule has 0 aliphatic heterocycles. The second-order valence-electron chi connectivity index (χ2n) is 8.30. The molecule has 3 rings (SSSR count). The van der Waals surface area contributed by atoms with Crippen molar-refractivity contribution in [1.29, 1.82) is 0 Å². The molecule has 3 nitrogen and oxygen atoms in total. The minimum absolute atomic E-state index is 0. The number of benzene rings is 2. The van der Waals surface area contributed by atoms with Gasteiger partial charge in [-0.2, -0.15) is 0 Å². The molecule has 0 aromatic heterocycles. The van der Waals surface area contributed by atoms with Crippen molar-refractivity contribution in [3.05, 3.63) is 59.9 Å². The SMILES string of the molecule is CCN(c1cccc(CN(C(=O)C(C)(C)C)c2ccc(F)cc2)c1)C1CC1.Cl. The molecule has 0 atom stereocenters. The Labute approximate surface area is 173 Å². The van der Waals surface area contributed by atoms with Crippen LogP contribution in [0, 0.1) is 11.2 Å². The van der Waals surface area contributed by atoms with Gasteiger partial charge in [0.15, 0.2) is 0 Å². The van der Waals surface area contributed by atoms with E-state index >= 15 is 0 Å². The quantitative estimate of drug-likeness (QED) is 0.606. The van der Waals surface area contributed by atoms with Crippen LogP contribution in [0.4, 0.5) is 15.8 Å². The molecule has 1 aliphatic carbocycles. The Bertz CT molecular complexity index is 797. The highest BCUT2D eigenvalue weighted by molar-refractivity contribution is 5.96. The molecular weight excluding hydrogens is 375 g/mol. The van der Waals surface area contributed by atoms with Gasteiger partial charge in [-0.25, -0.2) is 4.39 Å². The van der Waals surface area contributed by atoms with E-state index in [1.165, 1.54) is 30.7 Å². The molecule has 2 aromatic rings. The van der Waals surface area contributed by atoms with Gasteiger partial charge >= 0.3 is 0 Å². The van der Waals surface area contributed by atoms with Crippen LogP contribution in [0.1, 0.15) is 46.1 Å². The number of anilines is 2. The van der Waals surface area contributed by atoms with Crippen molar-refractivity contribution in [2.24, 2.45) is 5.41 Å². The van der Waals surface area contributed by atoms with Crippen molar-refractivity contribution < 1.29 is 9.18 Å². The van der Waals surface area contributed by atoms with Crippen molar-refractivity contribution in [1.82, 2.24) is 0 Å². The molecule has 0 radical (unpaired) electrons. The lowest BCUT2D eigenvalue weighted by Gasteiger charge is -2.30. The number of halogens is 2. The minimum atomic E-state index is -0.518. The van der Waals surface area contributed by atoms with E-state index in [0.717, 1.165) is 17.8 Å². The van der Waals surface area contributed by atoms with Crippen molar-refractivity contribution in [3.8, 4) is 0 Å². The van der Waals surface area contributed by atoms with Crippen LogP contribution in [0.15, 0.2) is 48.5 Å². The maximum atomic E-state index is 13.4. The Hall–Kier alpha value is -2.07. The van der Waals surface area contributed by atoms with Gasteiger partial charge in [0, 0.05) is 29.4 Å². The van der Waals surface area contributed by atoms with Crippen molar-refractivity contribution in [3.63, 3.8) is 0 Å². The monoisotopic (exact) mass is 404 g/mol. The molecule has 28 heavy (non-hydrogen) atoms. The number of nitrogens with zero attached hydrogens (tertiary/aromatic N) is 2. The van der Waals surface area contributed by atoms with E-state index in [2.05, 4.69) is 36.1 Å². The van der Waals surface area contributed by atoms with Crippen LogP contribution >= 0.6 is 12.4 Å². The lowest BCUT2D eigenvalue weighted by atomic mass is 9.94. The predicted octanol–water partition coefficient (Wildman–Crippen LogP) is 5.82. The van der Waals surface area contributed by atoms with Crippen LogP contribution in [-0.4, -0.2) is 18.5 Å². The van der Waals surface area contributed by atoms with Gasteiger partial charge in [0.2, 0.25) is 5.91 Å². The zero-order valence-electron chi connectivity index (χ0n) is 17.1. The van der Waals surface area contributed by atoms with E-state index in [1.807, 2.05) is 20.8 Å². The third-order valence-electron chi connectivity index (χ3n) is 4.94. The maximum Gasteiger partial charge on any atom is 0.232 e. The zero-order chi connectivity index (χ0) is 19.6. The molecule has 5 heteroatoms. The molecule has 0 spiro atoms. The van der Waals surface area contributed by atoms with Crippen LogP contribution in [0.2, 0.25) is 0 Å². The number of carbonyl (C=O) groups excluding carboxylic acids is 1. The smallest absolute Gasteiger partial charge is 0.232 e. The topological polar surface area (TPSA) is 23.6 Å². The highest BCUT2D eigenvalue weighted by Gasteiger charge is 2.30. The van der Waals surface area contributed by atoms with E-state index in [4.69, 9.17) is 0 Å². The fourth-order valence-electron chi connectivity index (χ4n) is 3.36. The van der Waals surface area contributed by atoms with E-state index < -0.39 is 5.41 Å². The Morgan fingerprint density at radius 2 is 1.71 bits per heavy atom. The van der Waals surface area contributed by atoms with Crippen molar-refractivity contribution >= 4 is 29.7 Å². The molecule has 1 saturated carbocycles. The third kappa shape index (κ3) is 5.26. The number of hydrogen-bond acceptors (Lipinski definition) is 2. The summed E-state index contributed by atoms with van der Waals surface area (Å²) in [7, 11) is 0. The number of carbonyl (C=O) groups is 1. The normalized spacial score (nSPS) is 13.6. The molecule has 0 heterocycles. The highest BCUT2D eigenvalue weighted by Crippen LogP contribution is 2.32. The van der Waals surface area contributed by atoms with Gasteiger partial charge in [-0.3, -0.25) is 4.79 Å².